The molecule has 0 aliphatic rings. The fraction of sp³-hybridized carbons (Fsp3) is 0.0909. The topological polar surface area (TPSA) is 72.2 Å². The molecule has 0 unspecified atom stereocenters. The molecule has 8 heteroatoms. The van der Waals surface area contributed by atoms with Crippen molar-refractivity contribution in [3.8, 4) is 0 Å². The Bertz CT molecular complexity index is 681. The first-order valence-corrected chi connectivity index (χ1v) is 8.23. The molecule has 3 N–H and O–H groups in total. The Labute approximate surface area is 125 Å². The molecule has 1 aromatic carbocycles. The van der Waals surface area contributed by atoms with Gasteiger partial charge in [-0.15, -0.1) is 11.3 Å². The van der Waals surface area contributed by atoms with E-state index < -0.39 is 10.0 Å². The van der Waals surface area contributed by atoms with Gasteiger partial charge in [0.15, 0.2) is 0 Å². The number of nitrogens with one attached hydrogen (secondary N) is 1. The minimum atomic E-state index is -3.67. The van der Waals surface area contributed by atoms with Crippen LogP contribution in [0.2, 0.25) is 8.67 Å². The van der Waals surface area contributed by atoms with Crippen LogP contribution in [0.15, 0.2) is 35.2 Å². The molecular weight excluding hydrogens is 327 g/mol. The smallest absolute Gasteiger partial charge is 0.243 e. The number of sulfonamides is 1. The van der Waals surface area contributed by atoms with Crippen molar-refractivity contribution in [2.75, 3.05) is 5.73 Å². The summed E-state index contributed by atoms with van der Waals surface area (Å²) < 4.78 is 27.0. The molecule has 1 aromatic heterocycles. The summed E-state index contributed by atoms with van der Waals surface area (Å²) in [6, 6.07) is 8.25. The number of hydrogen-bond acceptors (Lipinski definition) is 4. The fourth-order valence-corrected chi connectivity index (χ4v) is 4.57. The number of halogens is 2. The minimum Gasteiger partial charge on any atom is -0.399 e. The van der Waals surface area contributed by atoms with Crippen LogP contribution >= 0.6 is 34.5 Å². The number of rotatable bonds is 4. The van der Waals surface area contributed by atoms with Crippen molar-refractivity contribution in [2.45, 2.75) is 11.4 Å². The van der Waals surface area contributed by atoms with Crippen molar-refractivity contribution >= 4 is 50.2 Å². The van der Waals surface area contributed by atoms with Crippen LogP contribution in [0.1, 0.15) is 5.56 Å². The third-order valence-corrected chi connectivity index (χ3v) is 5.52. The van der Waals surface area contributed by atoms with E-state index in [-0.39, 0.29) is 15.8 Å². The SMILES string of the molecule is Nc1ccc(CNS(=O)(=O)c2cc(Cl)sc2Cl)cc1. The molecular formula is C11H10Cl2N2O2S2. The lowest BCUT2D eigenvalue weighted by molar-refractivity contribution is 0.582. The second kappa shape index (κ2) is 5.68. The summed E-state index contributed by atoms with van der Waals surface area (Å²) in [5.41, 5.74) is 6.98. The van der Waals surface area contributed by atoms with Gasteiger partial charge < -0.3 is 5.73 Å². The molecule has 102 valence electrons. The Morgan fingerprint density at radius 3 is 2.37 bits per heavy atom. The molecule has 2 aromatic rings. The van der Waals surface area contributed by atoms with E-state index in [9.17, 15) is 8.42 Å². The lowest BCUT2D eigenvalue weighted by atomic mass is 10.2. The Kier molecular flexibility index (Phi) is 4.37. The first-order valence-electron chi connectivity index (χ1n) is 5.17. The van der Waals surface area contributed by atoms with E-state index >= 15 is 0 Å². The van der Waals surface area contributed by atoms with Crippen LogP contribution in [0.3, 0.4) is 0 Å². The predicted octanol–water partition coefficient (Wildman–Crippen LogP) is 3.12. The number of nitrogen functional groups attached to an aromatic ring is 1. The van der Waals surface area contributed by atoms with E-state index in [0.717, 1.165) is 16.9 Å². The summed E-state index contributed by atoms with van der Waals surface area (Å²) in [6.07, 6.45) is 0. The highest BCUT2D eigenvalue weighted by atomic mass is 35.5. The van der Waals surface area contributed by atoms with Gasteiger partial charge in [-0.05, 0) is 23.8 Å². The van der Waals surface area contributed by atoms with E-state index in [0.29, 0.717) is 10.0 Å². The second-order valence-electron chi connectivity index (χ2n) is 3.75. The molecule has 0 saturated carbocycles. The molecule has 1 heterocycles. The number of nitrogens with two attached hydrogens (primary N) is 1. The molecule has 0 fully saturated rings. The van der Waals surface area contributed by atoms with Gasteiger partial charge in [-0.25, -0.2) is 13.1 Å². The molecule has 0 atom stereocenters. The van der Waals surface area contributed by atoms with Crippen LogP contribution in [-0.4, -0.2) is 8.42 Å². The van der Waals surface area contributed by atoms with Crippen molar-refractivity contribution in [3.63, 3.8) is 0 Å². The largest absolute Gasteiger partial charge is 0.399 e. The quantitative estimate of drug-likeness (QED) is 0.842. The lowest BCUT2D eigenvalue weighted by Gasteiger charge is -2.06. The standard InChI is InChI=1S/C11H10Cl2N2O2S2/c12-10-5-9(11(13)18-10)19(16,17)15-6-7-1-3-8(14)4-2-7/h1-5,15H,6,14H2. The van der Waals surface area contributed by atoms with Crippen LogP contribution < -0.4 is 10.5 Å². The van der Waals surface area contributed by atoms with Gasteiger partial charge in [-0.1, -0.05) is 35.3 Å². The molecule has 0 aliphatic carbocycles. The summed E-state index contributed by atoms with van der Waals surface area (Å²) in [6.45, 7) is 0.159. The summed E-state index contributed by atoms with van der Waals surface area (Å²) >= 11 is 12.6. The van der Waals surface area contributed by atoms with E-state index in [4.69, 9.17) is 28.9 Å². The van der Waals surface area contributed by atoms with Crippen LogP contribution in [0, 0.1) is 0 Å². The maximum Gasteiger partial charge on any atom is 0.243 e. The maximum absolute atomic E-state index is 12.0. The number of benzene rings is 1. The zero-order valence-corrected chi connectivity index (χ0v) is 12.7. The number of hydrogen-bond donors (Lipinski definition) is 2. The van der Waals surface area contributed by atoms with E-state index in [1.165, 1.54) is 6.07 Å². The van der Waals surface area contributed by atoms with Gasteiger partial charge in [0.2, 0.25) is 10.0 Å². The van der Waals surface area contributed by atoms with Gasteiger partial charge in [0.05, 0.1) is 4.34 Å². The second-order valence-corrected chi connectivity index (χ2v) is 7.78. The monoisotopic (exact) mass is 336 g/mol. The number of thiophene rings is 1. The Balaban J connectivity index is 2.14. The fourth-order valence-electron chi connectivity index (χ4n) is 1.40. The van der Waals surface area contributed by atoms with Gasteiger partial charge in [0.1, 0.15) is 9.23 Å². The zero-order valence-electron chi connectivity index (χ0n) is 9.56. The summed E-state index contributed by atoms with van der Waals surface area (Å²) in [4.78, 5) is -0.000360. The molecule has 0 amide bonds. The normalized spacial score (nSPS) is 11.7. The van der Waals surface area contributed by atoms with Gasteiger partial charge in [0.25, 0.3) is 0 Å². The average Bonchev–Trinajstić information content (AvgIpc) is 2.69. The highest BCUT2D eigenvalue weighted by Gasteiger charge is 2.20. The molecule has 0 radical (unpaired) electrons. The highest BCUT2D eigenvalue weighted by molar-refractivity contribution is 7.89. The Morgan fingerprint density at radius 1 is 1.21 bits per heavy atom. The number of anilines is 1. The third-order valence-electron chi connectivity index (χ3n) is 2.36. The molecule has 0 saturated heterocycles. The van der Waals surface area contributed by atoms with E-state index in [1.807, 2.05) is 0 Å². The van der Waals surface area contributed by atoms with Crippen molar-refractivity contribution in [1.29, 1.82) is 0 Å². The predicted molar refractivity (Wildman–Crippen MR) is 79.2 cm³/mol. The van der Waals surface area contributed by atoms with Crippen molar-refractivity contribution < 1.29 is 8.42 Å². The highest BCUT2D eigenvalue weighted by Crippen LogP contribution is 2.34. The molecule has 0 aliphatic heterocycles. The molecule has 19 heavy (non-hydrogen) atoms. The first-order chi connectivity index (χ1) is 8.88. The molecule has 0 spiro atoms. The van der Waals surface area contributed by atoms with Crippen LogP contribution in [-0.2, 0) is 16.6 Å². The zero-order chi connectivity index (χ0) is 14.0. The summed E-state index contributed by atoms with van der Waals surface area (Å²) in [7, 11) is -3.67. The Morgan fingerprint density at radius 2 is 1.84 bits per heavy atom. The molecule has 4 nitrogen and oxygen atoms in total. The lowest BCUT2D eigenvalue weighted by Crippen LogP contribution is -2.23. The maximum atomic E-state index is 12.0. The Hall–Kier alpha value is -0.790. The molecule has 2 rings (SSSR count). The van der Waals surface area contributed by atoms with E-state index in [2.05, 4.69) is 4.72 Å². The van der Waals surface area contributed by atoms with Gasteiger partial charge in [-0.3, -0.25) is 0 Å². The van der Waals surface area contributed by atoms with Gasteiger partial charge >= 0.3 is 0 Å². The summed E-state index contributed by atoms with van der Waals surface area (Å²) in [5.74, 6) is 0. The summed E-state index contributed by atoms with van der Waals surface area (Å²) in [5, 5.41) is 0. The van der Waals surface area contributed by atoms with Crippen LogP contribution in [0.25, 0.3) is 0 Å². The van der Waals surface area contributed by atoms with Crippen molar-refractivity contribution in [1.82, 2.24) is 4.72 Å². The van der Waals surface area contributed by atoms with Crippen molar-refractivity contribution in [3.05, 3.63) is 44.6 Å². The van der Waals surface area contributed by atoms with Crippen LogP contribution in [0.5, 0.6) is 0 Å². The molecule has 0 bridgehead atoms. The minimum absolute atomic E-state index is 0.000360. The van der Waals surface area contributed by atoms with Crippen molar-refractivity contribution in [2.24, 2.45) is 0 Å². The van der Waals surface area contributed by atoms with Gasteiger partial charge in [0, 0.05) is 12.2 Å². The van der Waals surface area contributed by atoms with Gasteiger partial charge in [-0.2, -0.15) is 0 Å². The third kappa shape index (κ3) is 3.61. The van der Waals surface area contributed by atoms with Crippen LogP contribution in [0.4, 0.5) is 5.69 Å². The first kappa shape index (κ1) is 14.6. The average molecular weight is 337 g/mol. The van der Waals surface area contributed by atoms with E-state index in [1.54, 1.807) is 24.3 Å².